The van der Waals surface area contributed by atoms with Gasteiger partial charge in [-0.1, -0.05) is 36.8 Å². The van der Waals surface area contributed by atoms with E-state index in [-0.39, 0.29) is 6.04 Å². The van der Waals surface area contributed by atoms with Crippen molar-refractivity contribution < 1.29 is 8.42 Å². The van der Waals surface area contributed by atoms with Crippen LogP contribution in [-0.2, 0) is 16.6 Å². The van der Waals surface area contributed by atoms with Gasteiger partial charge in [-0.15, -0.1) is 0 Å². The quantitative estimate of drug-likeness (QED) is 0.826. The van der Waals surface area contributed by atoms with Gasteiger partial charge in [-0.3, -0.25) is 4.90 Å². The summed E-state index contributed by atoms with van der Waals surface area (Å²) in [5, 5.41) is 0. The Morgan fingerprint density at radius 1 is 1.14 bits per heavy atom. The van der Waals surface area contributed by atoms with E-state index in [9.17, 15) is 8.42 Å². The molecule has 0 radical (unpaired) electrons. The maximum absolute atomic E-state index is 12.0. The summed E-state index contributed by atoms with van der Waals surface area (Å²) in [6, 6.07) is 10.5. The highest BCUT2D eigenvalue weighted by Gasteiger charge is 2.23. The second-order valence-corrected chi connectivity index (χ2v) is 8.05. The fourth-order valence-corrected chi connectivity index (χ4v) is 3.49. The van der Waals surface area contributed by atoms with Gasteiger partial charge >= 0.3 is 0 Å². The smallest absolute Gasteiger partial charge is 0.278 e. The molecule has 0 saturated carbocycles. The van der Waals surface area contributed by atoms with Crippen LogP contribution in [0.2, 0.25) is 0 Å². The normalized spacial score (nSPS) is 18.5. The maximum atomic E-state index is 12.0. The third-order valence-electron chi connectivity index (χ3n) is 4.20. The van der Waals surface area contributed by atoms with E-state index in [0.29, 0.717) is 6.54 Å². The van der Waals surface area contributed by atoms with Crippen molar-refractivity contribution in [2.24, 2.45) is 0 Å². The van der Waals surface area contributed by atoms with E-state index in [1.165, 1.54) is 29.1 Å². The summed E-state index contributed by atoms with van der Waals surface area (Å²) in [5.74, 6) is 0. The Kier molecular flexibility index (Phi) is 6.37. The molecule has 0 bridgehead atoms. The van der Waals surface area contributed by atoms with Gasteiger partial charge in [-0.2, -0.15) is 12.7 Å². The Bertz CT molecular complexity index is 540. The van der Waals surface area contributed by atoms with Gasteiger partial charge in [-0.25, -0.2) is 4.72 Å². The Morgan fingerprint density at radius 2 is 1.77 bits per heavy atom. The fourth-order valence-electron chi connectivity index (χ4n) is 2.83. The second kappa shape index (κ2) is 8.06. The molecule has 5 nitrogen and oxygen atoms in total. The fraction of sp³-hybridized carbons (Fsp3) is 0.625. The van der Waals surface area contributed by atoms with Crippen LogP contribution in [0.25, 0.3) is 0 Å². The predicted octanol–water partition coefficient (Wildman–Crippen LogP) is 1.48. The summed E-state index contributed by atoms with van der Waals surface area (Å²) in [4.78, 5) is 2.43. The van der Waals surface area contributed by atoms with Crippen molar-refractivity contribution in [3.05, 3.63) is 35.9 Å². The molecule has 1 atom stereocenters. The van der Waals surface area contributed by atoms with E-state index < -0.39 is 10.2 Å². The number of likely N-dealkylation sites (tertiary alicyclic amines) is 1. The molecule has 1 saturated heterocycles. The maximum Gasteiger partial charge on any atom is 0.278 e. The number of benzene rings is 1. The topological polar surface area (TPSA) is 52.7 Å². The molecule has 1 N–H and O–H groups in total. The molecule has 6 heteroatoms. The van der Waals surface area contributed by atoms with Gasteiger partial charge in [0, 0.05) is 26.7 Å². The van der Waals surface area contributed by atoms with Gasteiger partial charge in [0.05, 0.1) is 0 Å². The molecule has 2 rings (SSSR count). The molecule has 1 fully saturated rings. The molecule has 1 heterocycles. The van der Waals surface area contributed by atoms with Crippen LogP contribution in [0.4, 0.5) is 0 Å². The van der Waals surface area contributed by atoms with Crippen LogP contribution in [0.3, 0.4) is 0 Å². The van der Waals surface area contributed by atoms with Gasteiger partial charge in [-0.05, 0) is 37.9 Å². The lowest BCUT2D eigenvalue weighted by Crippen LogP contribution is -2.49. The van der Waals surface area contributed by atoms with Crippen molar-refractivity contribution in [2.45, 2.75) is 31.7 Å². The SMILES string of the molecule is CN(C)S(=O)(=O)NCC(Cc1ccccc1)N1CCCCC1. The van der Waals surface area contributed by atoms with Crippen LogP contribution >= 0.6 is 0 Å². The van der Waals surface area contributed by atoms with Crippen LogP contribution in [0.15, 0.2) is 30.3 Å². The molecule has 0 aliphatic carbocycles. The Balaban J connectivity index is 2.04. The number of hydrogen-bond donors (Lipinski definition) is 1. The zero-order valence-corrected chi connectivity index (χ0v) is 14.3. The first-order valence-corrected chi connectivity index (χ1v) is 9.38. The molecular weight excluding hydrogens is 298 g/mol. The number of piperidine rings is 1. The predicted molar refractivity (Wildman–Crippen MR) is 90.0 cm³/mol. The molecule has 1 aliphatic heterocycles. The lowest BCUT2D eigenvalue weighted by molar-refractivity contribution is 0.162. The van der Waals surface area contributed by atoms with E-state index in [4.69, 9.17) is 0 Å². The Morgan fingerprint density at radius 3 is 2.36 bits per heavy atom. The van der Waals surface area contributed by atoms with Crippen LogP contribution in [0, 0.1) is 0 Å². The zero-order chi connectivity index (χ0) is 16.0. The third-order valence-corrected chi connectivity index (χ3v) is 5.70. The average molecular weight is 325 g/mol. The number of nitrogens with one attached hydrogen (secondary N) is 1. The molecule has 1 aromatic carbocycles. The molecule has 1 unspecified atom stereocenters. The molecular formula is C16H27N3O2S. The summed E-state index contributed by atoms with van der Waals surface area (Å²) < 4.78 is 27.9. The van der Waals surface area contributed by atoms with Gasteiger partial charge in [0.25, 0.3) is 10.2 Å². The van der Waals surface area contributed by atoms with Crippen molar-refractivity contribution in [3.63, 3.8) is 0 Å². The van der Waals surface area contributed by atoms with E-state index in [0.717, 1.165) is 19.5 Å². The van der Waals surface area contributed by atoms with Crippen molar-refractivity contribution in [2.75, 3.05) is 33.7 Å². The van der Waals surface area contributed by atoms with E-state index in [2.05, 4.69) is 21.8 Å². The van der Waals surface area contributed by atoms with Gasteiger partial charge < -0.3 is 0 Å². The van der Waals surface area contributed by atoms with Crippen LogP contribution in [-0.4, -0.2) is 57.4 Å². The number of hydrogen-bond acceptors (Lipinski definition) is 3. The van der Waals surface area contributed by atoms with Crippen molar-refractivity contribution in [1.82, 2.24) is 13.9 Å². The molecule has 22 heavy (non-hydrogen) atoms. The largest absolute Gasteiger partial charge is 0.299 e. The first-order valence-electron chi connectivity index (χ1n) is 7.94. The summed E-state index contributed by atoms with van der Waals surface area (Å²) in [6.07, 6.45) is 4.55. The molecule has 0 aromatic heterocycles. The molecule has 1 aromatic rings. The lowest BCUT2D eigenvalue weighted by Gasteiger charge is -2.35. The summed E-state index contributed by atoms with van der Waals surface area (Å²) in [5.41, 5.74) is 1.25. The number of rotatable bonds is 7. The first-order chi connectivity index (χ1) is 10.5. The molecule has 0 spiro atoms. The standard InChI is InChI=1S/C16H27N3O2S/c1-18(2)22(20,21)17-14-16(19-11-7-4-8-12-19)13-15-9-5-3-6-10-15/h3,5-6,9-10,16-17H,4,7-8,11-14H2,1-2H3. The van der Waals surface area contributed by atoms with Crippen LogP contribution in [0.1, 0.15) is 24.8 Å². The highest BCUT2D eigenvalue weighted by Crippen LogP contribution is 2.15. The highest BCUT2D eigenvalue weighted by atomic mass is 32.2. The Hall–Kier alpha value is -0.950. The van der Waals surface area contributed by atoms with Gasteiger partial charge in [0.1, 0.15) is 0 Å². The summed E-state index contributed by atoms with van der Waals surface area (Å²) >= 11 is 0. The van der Waals surface area contributed by atoms with Crippen molar-refractivity contribution in [1.29, 1.82) is 0 Å². The monoisotopic (exact) mass is 325 g/mol. The summed E-state index contributed by atoms with van der Waals surface area (Å²) in [6.45, 7) is 2.57. The summed E-state index contributed by atoms with van der Waals surface area (Å²) in [7, 11) is -0.265. The molecule has 124 valence electrons. The minimum atomic E-state index is -3.37. The first kappa shape index (κ1) is 17.4. The van der Waals surface area contributed by atoms with Gasteiger partial charge in [0.2, 0.25) is 0 Å². The highest BCUT2D eigenvalue weighted by molar-refractivity contribution is 7.87. The minimum Gasteiger partial charge on any atom is -0.299 e. The zero-order valence-electron chi connectivity index (χ0n) is 13.5. The number of nitrogens with zero attached hydrogens (tertiary/aromatic N) is 2. The van der Waals surface area contributed by atoms with Crippen molar-refractivity contribution in [3.8, 4) is 0 Å². The lowest BCUT2D eigenvalue weighted by atomic mass is 10.0. The van der Waals surface area contributed by atoms with E-state index in [1.807, 2.05) is 18.2 Å². The molecule has 0 amide bonds. The van der Waals surface area contributed by atoms with E-state index >= 15 is 0 Å². The average Bonchev–Trinajstić information content (AvgIpc) is 2.53. The molecule has 1 aliphatic rings. The van der Waals surface area contributed by atoms with Crippen LogP contribution < -0.4 is 4.72 Å². The second-order valence-electron chi connectivity index (χ2n) is 6.08. The Labute approximate surface area is 134 Å². The van der Waals surface area contributed by atoms with Crippen LogP contribution in [0.5, 0.6) is 0 Å². The van der Waals surface area contributed by atoms with Gasteiger partial charge in [0.15, 0.2) is 0 Å². The minimum absolute atomic E-state index is 0.206. The van der Waals surface area contributed by atoms with Crippen molar-refractivity contribution >= 4 is 10.2 Å². The third kappa shape index (κ3) is 5.05. The van der Waals surface area contributed by atoms with E-state index in [1.54, 1.807) is 14.1 Å².